The Bertz CT molecular complexity index is 831. The molecular weight excluding hydrogens is 390 g/mol. The fourth-order valence-electron chi connectivity index (χ4n) is 3.51. The van der Waals surface area contributed by atoms with Gasteiger partial charge in [0, 0.05) is 24.7 Å². The number of hydrogen-bond acceptors (Lipinski definition) is 4. The maximum Gasteiger partial charge on any atom is 0.255 e. The van der Waals surface area contributed by atoms with Crippen LogP contribution in [0, 0.1) is 5.92 Å². The smallest absolute Gasteiger partial charge is 0.255 e. The van der Waals surface area contributed by atoms with Crippen LogP contribution in [0.2, 0.25) is 0 Å². The summed E-state index contributed by atoms with van der Waals surface area (Å²) in [6, 6.07) is 14.1. The first-order valence-electron chi connectivity index (χ1n) is 9.59. The maximum atomic E-state index is 13.0. The van der Waals surface area contributed by atoms with E-state index >= 15 is 0 Å². The van der Waals surface area contributed by atoms with E-state index in [1.807, 2.05) is 24.0 Å². The molecule has 3 N–H and O–H groups in total. The highest BCUT2D eigenvalue weighted by atomic mass is 35.5. The minimum absolute atomic E-state index is 0. The van der Waals surface area contributed by atoms with Gasteiger partial charge in [0.05, 0.1) is 18.4 Å². The fourth-order valence-corrected chi connectivity index (χ4v) is 3.51. The van der Waals surface area contributed by atoms with Crippen LogP contribution >= 0.6 is 12.4 Å². The van der Waals surface area contributed by atoms with E-state index in [1.54, 1.807) is 43.5 Å². The van der Waals surface area contributed by atoms with Crippen molar-refractivity contribution >= 4 is 29.9 Å². The van der Waals surface area contributed by atoms with Crippen LogP contribution in [0.1, 0.15) is 40.5 Å². The molecule has 6 nitrogen and oxygen atoms in total. The van der Waals surface area contributed by atoms with Crippen molar-refractivity contribution in [2.24, 2.45) is 11.7 Å². The largest absolute Gasteiger partial charge is 0.497 e. The summed E-state index contributed by atoms with van der Waals surface area (Å²) < 4.78 is 5.12. The topological polar surface area (TPSA) is 84.7 Å². The van der Waals surface area contributed by atoms with Gasteiger partial charge >= 0.3 is 0 Å². The number of amides is 2. The second-order valence-electron chi connectivity index (χ2n) is 7.22. The molecule has 0 radical (unpaired) electrons. The van der Waals surface area contributed by atoms with E-state index in [2.05, 4.69) is 5.32 Å². The molecule has 0 aliphatic carbocycles. The summed E-state index contributed by atoms with van der Waals surface area (Å²) in [5, 5.41) is 2.86. The van der Waals surface area contributed by atoms with E-state index in [4.69, 9.17) is 10.5 Å². The van der Waals surface area contributed by atoms with Crippen molar-refractivity contribution in [3.63, 3.8) is 0 Å². The van der Waals surface area contributed by atoms with Gasteiger partial charge in [0.2, 0.25) is 0 Å². The summed E-state index contributed by atoms with van der Waals surface area (Å²) in [5.74, 6) is 0.809. The number of likely N-dealkylation sites (tertiary alicyclic amines) is 1. The minimum Gasteiger partial charge on any atom is -0.497 e. The van der Waals surface area contributed by atoms with E-state index in [0.29, 0.717) is 41.6 Å². The lowest BCUT2D eigenvalue weighted by atomic mass is 9.90. The number of carbonyl (C=O) groups is 2. The molecule has 1 fully saturated rings. The normalized spacial score (nSPS) is 15.2. The molecule has 1 aliphatic rings. The number of carbonyl (C=O) groups excluding carboxylic acids is 2. The molecule has 1 unspecified atom stereocenters. The van der Waals surface area contributed by atoms with E-state index in [-0.39, 0.29) is 30.3 Å². The van der Waals surface area contributed by atoms with Gasteiger partial charge in [-0.2, -0.15) is 0 Å². The van der Waals surface area contributed by atoms with Gasteiger partial charge in [-0.1, -0.05) is 12.1 Å². The van der Waals surface area contributed by atoms with Crippen molar-refractivity contribution < 1.29 is 14.3 Å². The Labute approximate surface area is 177 Å². The molecule has 0 spiro atoms. The van der Waals surface area contributed by atoms with Crippen molar-refractivity contribution in [2.75, 3.05) is 25.5 Å². The number of ether oxygens (including phenoxy) is 1. The molecule has 1 aliphatic heterocycles. The van der Waals surface area contributed by atoms with Crippen molar-refractivity contribution in [3.8, 4) is 5.75 Å². The quantitative estimate of drug-likeness (QED) is 0.778. The van der Waals surface area contributed by atoms with Gasteiger partial charge in [-0.25, -0.2) is 0 Å². The highest BCUT2D eigenvalue weighted by Gasteiger charge is 2.26. The second-order valence-corrected chi connectivity index (χ2v) is 7.22. The lowest BCUT2D eigenvalue weighted by Crippen LogP contribution is -2.42. The molecule has 1 atom stereocenters. The maximum absolute atomic E-state index is 13.0. The molecule has 0 saturated carbocycles. The van der Waals surface area contributed by atoms with Crippen molar-refractivity contribution in [1.82, 2.24) is 4.90 Å². The van der Waals surface area contributed by atoms with Gasteiger partial charge in [0.15, 0.2) is 0 Å². The summed E-state index contributed by atoms with van der Waals surface area (Å²) in [6.45, 7) is 3.39. The predicted molar refractivity (Wildman–Crippen MR) is 117 cm³/mol. The van der Waals surface area contributed by atoms with E-state index in [9.17, 15) is 9.59 Å². The van der Waals surface area contributed by atoms with Crippen LogP contribution < -0.4 is 15.8 Å². The summed E-state index contributed by atoms with van der Waals surface area (Å²) in [6.07, 6.45) is 1.81. The SMILES string of the molecule is COc1ccc(C(=O)Nc2ccccc2C(=O)N2CCC(C(C)N)CC2)cc1.Cl. The van der Waals surface area contributed by atoms with Gasteiger partial charge in [-0.05, 0) is 62.1 Å². The summed E-state index contributed by atoms with van der Waals surface area (Å²) >= 11 is 0. The predicted octanol–water partition coefficient (Wildman–Crippen LogP) is 3.57. The van der Waals surface area contributed by atoms with Crippen LogP contribution in [-0.2, 0) is 0 Å². The van der Waals surface area contributed by atoms with Crippen molar-refractivity contribution in [1.29, 1.82) is 0 Å². The molecule has 1 heterocycles. The third-order valence-electron chi connectivity index (χ3n) is 5.33. The number of para-hydroxylation sites is 1. The van der Waals surface area contributed by atoms with Gasteiger partial charge in [-0.15, -0.1) is 12.4 Å². The number of hydrogen-bond donors (Lipinski definition) is 2. The Morgan fingerprint density at radius 2 is 1.72 bits per heavy atom. The number of methoxy groups -OCH3 is 1. The number of rotatable bonds is 5. The standard InChI is InChI=1S/C22H27N3O3.ClH/c1-15(23)16-11-13-25(14-12-16)22(27)19-5-3-4-6-20(19)24-21(26)17-7-9-18(28-2)10-8-17;/h3-10,15-16H,11-14,23H2,1-2H3,(H,24,26);1H. The highest BCUT2D eigenvalue weighted by Crippen LogP contribution is 2.24. The number of nitrogens with one attached hydrogen (secondary N) is 1. The third-order valence-corrected chi connectivity index (χ3v) is 5.33. The Morgan fingerprint density at radius 3 is 2.31 bits per heavy atom. The molecule has 7 heteroatoms. The average Bonchev–Trinajstić information content (AvgIpc) is 2.73. The van der Waals surface area contributed by atoms with Crippen LogP contribution in [0.25, 0.3) is 0 Å². The van der Waals surface area contributed by atoms with Crippen molar-refractivity contribution in [2.45, 2.75) is 25.8 Å². The molecule has 156 valence electrons. The fraction of sp³-hybridized carbons (Fsp3) is 0.364. The molecule has 0 bridgehead atoms. The Morgan fingerprint density at radius 1 is 1.10 bits per heavy atom. The average molecular weight is 418 g/mol. The van der Waals surface area contributed by atoms with E-state index in [0.717, 1.165) is 12.8 Å². The molecule has 2 amide bonds. The molecule has 0 aromatic heterocycles. The molecule has 2 aromatic carbocycles. The summed E-state index contributed by atoms with van der Waals surface area (Å²) in [5.41, 5.74) is 7.51. The molecule has 3 rings (SSSR count). The summed E-state index contributed by atoms with van der Waals surface area (Å²) in [4.78, 5) is 27.5. The Hall–Kier alpha value is -2.57. The number of anilines is 1. The zero-order valence-electron chi connectivity index (χ0n) is 16.8. The van der Waals surface area contributed by atoms with Crippen LogP contribution in [-0.4, -0.2) is 43.0 Å². The number of halogens is 1. The summed E-state index contributed by atoms with van der Waals surface area (Å²) in [7, 11) is 1.58. The Balaban J connectivity index is 0.00000300. The first-order valence-corrected chi connectivity index (χ1v) is 9.59. The van der Waals surface area contributed by atoms with Gasteiger partial charge in [0.1, 0.15) is 5.75 Å². The molecule has 1 saturated heterocycles. The number of piperidine rings is 1. The van der Waals surface area contributed by atoms with Crippen LogP contribution in [0.5, 0.6) is 5.75 Å². The van der Waals surface area contributed by atoms with Crippen LogP contribution in [0.3, 0.4) is 0 Å². The van der Waals surface area contributed by atoms with Gasteiger partial charge < -0.3 is 20.7 Å². The lowest BCUT2D eigenvalue weighted by molar-refractivity contribution is 0.0682. The monoisotopic (exact) mass is 417 g/mol. The minimum atomic E-state index is -0.265. The number of nitrogens with zero attached hydrogens (tertiary/aromatic N) is 1. The zero-order valence-corrected chi connectivity index (χ0v) is 17.6. The number of benzene rings is 2. The molecular formula is C22H28ClN3O3. The first-order chi connectivity index (χ1) is 13.5. The van der Waals surface area contributed by atoms with E-state index in [1.165, 1.54) is 0 Å². The first kappa shape index (κ1) is 22.7. The number of nitrogens with two attached hydrogens (primary N) is 1. The lowest BCUT2D eigenvalue weighted by Gasteiger charge is -2.34. The second kappa shape index (κ2) is 10.3. The van der Waals surface area contributed by atoms with Gasteiger partial charge in [-0.3, -0.25) is 9.59 Å². The zero-order chi connectivity index (χ0) is 20.1. The van der Waals surface area contributed by atoms with Crippen molar-refractivity contribution in [3.05, 3.63) is 59.7 Å². The van der Waals surface area contributed by atoms with Gasteiger partial charge in [0.25, 0.3) is 11.8 Å². The Kier molecular flexibility index (Phi) is 8.05. The third kappa shape index (κ3) is 5.49. The molecule has 2 aromatic rings. The highest BCUT2D eigenvalue weighted by molar-refractivity contribution is 6.09. The molecule has 29 heavy (non-hydrogen) atoms. The van der Waals surface area contributed by atoms with E-state index < -0.39 is 0 Å². The van der Waals surface area contributed by atoms with Crippen LogP contribution in [0.15, 0.2) is 48.5 Å². The van der Waals surface area contributed by atoms with Crippen LogP contribution in [0.4, 0.5) is 5.69 Å².